The van der Waals surface area contributed by atoms with Gasteiger partial charge >= 0.3 is 0 Å². The van der Waals surface area contributed by atoms with Crippen molar-refractivity contribution in [3.63, 3.8) is 0 Å². The molecule has 0 aromatic heterocycles. The molecule has 4 fully saturated rings. The summed E-state index contributed by atoms with van der Waals surface area (Å²) in [6, 6.07) is -0.372. The molecule has 4 aliphatic carbocycles. The summed E-state index contributed by atoms with van der Waals surface area (Å²) in [5.74, 6) is 1.23. The van der Waals surface area contributed by atoms with E-state index in [2.05, 4.69) is 29.8 Å². The van der Waals surface area contributed by atoms with E-state index in [0.717, 1.165) is 32.1 Å². The zero-order valence-electron chi connectivity index (χ0n) is 14.6. The predicted molar refractivity (Wildman–Crippen MR) is 95.6 cm³/mol. The number of rotatable bonds is 0. The summed E-state index contributed by atoms with van der Waals surface area (Å²) in [6.07, 6.45) is 4.48. The van der Waals surface area contributed by atoms with Gasteiger partial charge in [0.05, 0.1) is 18.2 Å². The third-order valence-electron chi connectivity index (χ3n) is 8.59. The van der Waals surface area contributed by atoms with Gasteiger partial charge in [0.25, 0.3) is 0 Å². The topological polar surface area (TPSA) is 83.6 Å². The van der Waals surface area contributed by atoms with E-state index < -0.39 is 6.10 Å². The molecule has 10 atom stereocenters. The van der Waals surface area contributed by atoms with Crippen LogP contribution < -0.4 is 5.73 Å². The van der Waals surface area contributed by atoms with Gasteiger partial charge in [0.15, 0.2) is 0 Å². The van der Waals surface area contributed by atoms with Crippen molar-refractivity contribution in [2.45, 2.75) is 75.4 Å². The first-order valence-corrected chi connectivity index (χ1v) is 10.4. The van der Waals surface area contributed by atoms with Gasteiger partial charge in [-0.2, -0.15) is 0 Å². The van der Waals surface area contributed by atoms with Gasteiger partial charge in [-0.25, -0.2) is 0 Å². The number of nitrogens with two attached hydrogens (primary N) is 1. The van der Waals surface area contributed by atoms with Crippen molar-refractivity contribution in [3.8, 4) is 0 Å². The van der Waals surface area contributed by atoms with Crippen molar-refractivity contribution in [2.24, 2.45) is 40.2 Å². The quantitative estimate of drug-likeness (QED) is 0.545. The molecule has 0 aliphatic heterocycles. The Hall–Kier alpha value is 0.0300. The van der Waals surface area contributed by atoms with Gasteiger partial charge < -0.3 is 15.9 Å². The lowest BCUT2D eigenvalue weighted by molar-refractivity contribution is -0.164. The Morgan fingerprint density at radius 3 is 2.46 bits per heavy atom. The highest BCUT2D eigenvalue weighted by molar-refractivity contribution is 9.09. The molecule has 0 amide bonds. The molecule has 0 radical (unpaired) electrons. The number of fused-ring (bicyclic) bond motifs is 5. The fourth-order valence-electron chi connectivity index (χ4n) is 7.02. The molecule has 0 bridgehead atoms. The zero-order valence-corrected chi connectivity index (χ0v) is 16.2. The zero-order chi connectivity index (χ0) is 17.4. The van der Waals surface area contributed by atoms with Crippen molar-refractivity contribution < 1.29 is 15.0 Å². The molecule has 0 heterocycles. The number of halogens is 1. The van der Waals surface area contributed by atoms with E-state index in [-0.39, 0.29) is 45.4 Å². The second-order valence-electron chi connectivity index (χ2n) is 9.46. The van der Waals surface area contributed by atoms with Gasteiger partial charge in [0.2, 0.25) is 0 Å². The predicted octanol–water partition coefficient (Wildman–Crippen LogP) is 2.24. The average Bonchev–Trinajstić information content (AvgIpc) is 2.77. The van der Waals surface area contributed by atoms with Gasteiger partial charge in [-0.15, -0.1) is 0 Å². The van der Waals surface area contributed by atoms with Crippen LogP contribution in [0.15, 0.2) is 0 Å². The molecule has 5 heteroatoms. The number of alkyl halides is 1. The lowest BCUT2D eigenvalue weighted by Crippen LogP contribution is -2.63. The molecule has 24 heavy (non-hydrogen) atoms. The van der Waals surface area contributed by atoms with Crippen LogP contribution in [0.4, 0.5) is 0 Å². The largest absolute Gasteiger partial charge is 0.393 e. The molecular weight excluding hydrogens is 370 g/mol. The summed E-state index contributed by atoms with van der Waals surface area (Å²) in [7, 11) is 0. The number of aliphatic hydroxyl groups is 2. The Morgan fingerprint density at radius 2 is 1.75 bits per heavy atom. The van der Waals surface area contributed by atoms with Crippen molar-refractivity contribution in [3.05, 3.63) is 0 Å². The molecule has 4 nitrogen and oxygen atoms in total. The minimum atomic E-state index is -0.457. The number of carbonyl (C=O) groups is 1. The number of ketones is 1. The molecule has 0 aromatic rings. The summed E-state index contributed by atoms with van der Waals surface area (Å²) >= 11 is 3.79. The van der Waals surface area contributed by atoms with E-state index in [4.69, 9.17) is 5.73 Å². The Labute approximate surface area is 152 Å². The van der Waals surface area contributed by atoms with E-state index >= 15 is 0 Å². The van der Waals surface area contributed by atoms with Crippen molar-refractivity contribution >= 4 is 21.7 Å². The summed E-state index contributed by atoms with van der Waals surface area (Å²) < 4.78 is 0. The van der Waals surface area contributed by atoms with Gasteiger partial charge in [-0.1, -0.05) is 29.8 Å². The minimum Gasteiger partial charge on any atom is -0.393 e. The smallest absolute Gasteiger partial charge is 0.150 e. The molecule has 4 rings (SSSR count). The van der Waals surface area contributed by atoms with Crippen LogP contribution >= 0.6 is 15.9 Å². The SMILES string of the molecule is C[C@]12CCC(O)CC1C(Br)C(O)[C@@H]1[C@H]2CC[C@]2(C)C(N)C(=O)C[C@@H]12. The fourth-order valence-corrected chi connectivity index (χ4v) is 8.20. The monoisotopic (exact) mass is 399 g/mol. The van der Waals surface area contributed by atoms with E-state index in [1.165, 1.54) is 0 Å². The van der Waals surface area contributed by atoms with Crippen LogP contribution in [0.5, 0.6) is 0 Å². The summed E-state index contributed by atoms with van der Waals surface area (Å²) in [5, 5.41) is 21.3. The Balaban J connectivity index is 1.73. The van der Waals surface area contributed by atoms with Gasteiger partial charge in [0.1, 0.15) is 5.78 Å². The van der Waals surface area contributed by atoms with Crippen LogP contribution in [0.1, 0.15) is 52.4 Å². The number of hydrogen-bond acceptors (Lipinski definition) is 4. The number of Topliss-reactive ketones (excluding diaryl/α,β-unsaturated/α-hetero) is 1. The standard InChI is InChI=1S/C19H30BrNO3/c1-18-5-3-9(22)7-12(18)15(20)16(24)14-10(18)4-6-19(2)11(14)8-13(23)17(19)21/h9-12,14-17,22,24H,3-8,21H2,1-2H3/t9?,10-,11+,12?,14-,15?,16?,17?,18-,19+/m1/s1. The average molecular weight is 400 g/mol. The highest BCUT2D eigenvalue weighted by Crippen LogP contribution is 2.66. The lowest BCUT2D eigenvalue weighted by Gasteiger charge is -2.63. The van der Waals surface area contributed by atoms with Crippen LogP contribution in [0.3, 0.4) is 0 Å². The third-order valence-corrected chi connectivity index (χ3v) is 9.77. The normalized spacial score (nSPS) is 60.3. The van der Waals surface area contributed by atoms with Gasteiger partial charge in [-0.3, -0.25) is 4.79 Å². The minimum absolute atomic E-state index is 0.00650. The third kappa shape index (κ3) is 2.11. The molecule has 0 spiro atoms. The maximum Gasteiger partial charge on any atom is 0.150 e. The Morgan fingerprint density at radius 1 is 1.08 bits per heavy atom. The van der Waals surface area contributed by atoms with Crippen LogP contribution in [-0.2, 0) is 4.79 Å². The second-order valence-corrected chi connectivity index (χ2v) is 10.5. The molecule has 0 saturated heterocycles. The first-order valence-electron chi connectivity index (χ1n) is 9.48. The maximum absolute atomic E-state index is 12.4. The summed E-state index contributed by atoms with van der Waals surface area (Å²) in [6.45, 7) is 4.53. The van der Waals surface area contributed by atoms with E-state index in [9.17, 15) is 15.0 Å². The highest BCUT2D eigenvalue weighted by atomic mass is 79.9. The number of hydrogen-bond donors (Lipinski definition) is 3. The first kappa shape index (κ1) is 17.4. The number of aliphatic hydroxyl groups excluding tert-OH is 2. The van der Waals surface area contributed by atoms with Gasteiger partial charge in [0, 0.05) is 11.2 Å². The van der Waals surface area contributed by atoms with E-state index in [0.29, 0.717) is 18.3 Å². The Kier molecular flexibility index (Phi) is 4.01. The van der Waals surface area contributed by atoms with Gasteiger partial charge in [-0.05, 0) is 66.6 Å². The van der Waals surface area contributed by atoms with Crippen LogP contribution in [0.25, 0.3) is 0 Å². The summed E-state index contributed by atoms with van der Waals surface area (Å²) in [5.41, 5.74) is 6.25. The van der Waals surface area contributed by atoms with Crippen LogP contribution in [0.2, 0.25) is 0 Å². The molecule has 0 aromatic carbocycles. The number of carbonyl (C=O) groups excluding carboxylic acids is 1. The van der Waals surface area contributed by atoms with Crippen LogP contribution in [0, 0.1) is 34.5 Å². The summed E-state index contributed by atoms with van der Waals surface area (Å²) in [4.78, 5) is 12.4. The van der Waals surface area contributed by atoms with Crippen LogP contribution in [-0.4, -0.2) is 39.1 Å². The fraction of sp³-hybridized carbons (Fsp3) is 0.947. The lowest BCUT2D eigenvalue weighted by atomic mass is 9.44. The molecule has 4 N–H and O–H groups in total. The molecule has 5 unspecified atom stereocenters. The molecule has 4 aliphatic rings. The molecule has 136 valence electrons. The molecular formula is C19H30BrNO3. The second kappa shape index (κ2) is 5.51. The van der Waals surface area contributed by atoms with E-state index in [1.807, 2.05) is 0 Å². The van der Waals surface area contributed by atoms with Crippen molar-refractivity contribution in [1.82, 2.24) is 0 Å². The maximum atomic E-state index is 12.4. The highest BCUT2D eigenvalue weighted by Gasteiger charge is 2.65. The van der Waals surface area contributed by atoms with E-state index in [1.54, 1.807) is 0 Å². The molecule has 4 saturated carbocycles. The van der Waals surface area contributed by atoms with Crippen molar-refractivity contribution in [1.29, 1.82) is 0 Å². The Bertz CT molecular complexity index is 557. The van der Waals surface area contributed by atoms with Crippen molar-refractivity contribution in [2.75, 3.05) is 0 Å². The first-order chi connectivity index (χ1) is 11.2.